The fourth-order valence-electron chi connectivity index (χ4n) is 1.63. The molecule has 0 bridgehead atoms. The molecule has 1 unspecified atom stereocenters. The van der Waals surface area contributed by atoms with E-state index in [1.165, 1.54) is 0 Å². The molecule has 1 atom stereocenters. The molecule has 1 aromatic carbocycles. The SMILES string of the molecule is CC(C)(C)CC(Cl)CNC(=O)c1ccccc1. The molecule has 1 aromatic rings. The van der Waals surface area contributed by atoms with E-state index >= 15 is 0 Å². The molecule has 2 nitrogen and oxygen atoms in total. The number of amides is 1. The first kappa shape index (κ1) is 14.0. The minimum absolute atomic E-state index is 0.0253. The lowest BCUT2D eigenvalue weighted by atomic mass is 9.90. The molecule has 0 fully saturated rings. The Bertz CT molecular complexity index is 356. The van der Waals surface area contributed by atoms with Gasteiger partial charge < -0.3 is 5.32 Å². The smallest absolute Gasteiger partial charge is 0.251 e. The molecule has 1 amide bonds. The van der Waals surface area contributed by atoms with Crippen LogP contribution in [0.15, 0.2) is 30.3 Å². The normalized spacial score (nSPS) is 13.2. The van der Waals surface area contributed by atoms with Crippen LogP contribution >= 0.6 is 11.6 Å². The monoisotopic (exact) mass is 253 g/mol. The quantitative estimate of drug-likeness (QED) is 0.818. The summed E-state index contributed by atoms with van der Waals surface area (Å²) in [4.78, 5) is 11.7. The van der Waals surface area contributed by atoms with Gasteiger partial charge in [-0.25, -0.2) is 0 Å². The first-order chi connectivity index (χ1) is 7.88. The molecule has 0 spiro atoms. The molecule has 0 saturated carbocycles. The van der Waals surface area contributed by atoms with Gasteiger partial charge in [0, 0.05) is 12.1 Å². The average Bonchev–Trinajstić information content (AvgIpc) is 2.25. The van der Waals surface area contributed by atoms with Crippen LogP contribution < -0.4 is 5.32 Å². The number of alkyl halides is 1. The van der Waals surface area contributed by atoms with Crippen molar-refractivity contribution in [2.75, 3.05) is 6.54 Å². The number of nitrogens with one attached hydrogen (secondary N) is 1. The maximum atomic E-state index is 11.7. The van der Waals surface area contributed by atoms with Crippen LogP contribution in [0.2, 0.25) is 0 Å². The van der Waals surface area contributed by atoms with Crippen molar-refractivity contribution in [3.63, 3.8) is 0 Å². The third kappa shape index (κ3) is 5.73. The molecule has 0 aromatic heterocycles. The fourth-order valence-corrected chi connectivity index (χ4v) is 2.17. The zero-order chi connectivity index (χ0) is 12.9. The zero-order valence-electron chi connectivity index (χ0n) is 10.7. The molecule has 0 radical (unpaired) electrons. The molecule has 0 aliphatic carbocycles. The maximum absolute atomic E-state index is 11.7. The Morgan fingerprint density at radius 1 is 1.29 bits per heavy atom. The number of rotatable bonds is 4. The standard InChI is InChI=1S/C14H20ClNO/c1-14(2,3)9-12(15)10-16-13(17)11-7-5-4-6-8-11/h4-8,12H,9-10H2,1-3H3,(H,16,17). The van der Waals surface area contributed by atoms with Gasteiger partial charge in [-0.15, -0.1) is 11.6 Å². The highest BCUT2D eigenvalue weighted by Crippen LogP contribution is 2.23. The Morgan fingerprint density at radius 2 is 1.88 bits per heavy atom. The second-order valence-electron chi connectivity index (χ2n) is 5.44. The number of hydrogen-bond acceptors (Lipinski definition) is 1. The Balaban J connectivity index is 2.39. The van der Waals surface area contributed by atoms with E-state index in [2.05, 4.69) is 26.1 Å². The molecular weight excluding hydrogens is 234 g/mol. The van der Waals surface area contributed by atoms with Gasteiger partial charge in [-0.05, 0) is 24.0 Å². The Kier molecular flexibility index (Phi) is 5.01. The second kappa shape index (κ2) is 6.06. The molecule has 1 rings (SSSR count). The number of halogens is 1. The Morgan fingerprint density at radius 3 is 2.41 bits per heavy atom. The summed E-state index contributed by atoms with van der Waals surface area (Å²) in [5.41, 5.74) is 0.858. The van der Waals surface area contributed by atoms with E-state index in [4.69, 9.17) is 11.6 Å². The average molecular weight is 254 g/mol. The summed E-state index contributed by atoms with van der Waals surface area (Å²) < 4.78 is 0. The van der Waals surface area contributed by atoms with Crippen LogP contribution in [0.25, 0.3) is 0 Å². The van der Waals surface area contributed by atoms with Crippen molar-refractivity contribution < 1.29 is 4.79 Å². The summed E-state index contributed by atoms with van der Waals surface area (Å²) in [7, 11) is 0. The van der Waals surface area contributed by atoms with E-state index < -0.39 is 0 Å². The van der Waals surface area contributed by atoms with Gasteiger partial charge in [-0.3, -0.25) is 4.79 Å². The number of carbonyl (C=O) groups is 1. The summed E-state index contributed by atoms with van der Waals surface area (Å²) in [5, 5.41) is 2.83. The maximum Gasteiger partial charge on any atom is 0.251 e. The molecule has 1 N–H and O–H groups in total. The van der Waals surface area contributed by atoms with Crippen molar-refractivity contribution in [3.8, 4) is 0 Å². The van der Waals surface area contributed by atoms with E-state index in [1.807, 2.05) is 18.2 Å². The third-order valence-corrected chi connectivity index (χ3v) is 2.66. The third-order valence-electron chi connectivity index (χ3n) is 2.35. The summed E-state index contributed by atoms with van der Waals surface area (Å²) >= 11 is 6.18. The second-order valence-corrected chi connectivity index (χ2v) is 6.06. The largest absolute Gasteiger partial charge is 0.351 e. The highest BCUT2D eigenvalue weighted by atomic mass is 35.5. The summed E-state index contributed by atoms with van der Waals surface area (Å²) in [6.45, 7) is 6.93. The van der Waals surface area contributed by atoms with Gasteiger partial charge >= 0.3 is 0 Å². The van der Waals surface area contributed by atoms with Crippen molar-refractivity contribution in [1.82, 2.24) is 5.32 Å². The van der Waals surface area contributed by atoms with E-state index in [0.29, 0.717) is 12.1 Å². The highest BCUT2D eigenvalue weighted by molar-refractivity contribution is 6.21. The summed E-state index contributed by atoms with van der Waals surface area (Å²) in [5.74, 6) is -0.0647. The Labute approximate surface area is 108 Å². The van der Waals surface area contributed by atoms with E-state index in [-0.39, 0.29) is 16.7 Å². The lowest BCUT2D eigenvalue weighted by Gasteiger charge is -2.21. The first-order valence-corrected chi connectivity index (χ1v) is 6.29. The van der Waals surface area contributed by atoms with Gasteiger partial charge in [0.25, 0.3) is 5.91 Å². The van der Waals surface area contributed by atoms with Crippen LogP contribution in [0.5, 0.6) is 0 Å². The molecule has 94 valence electrons. The topological polar surface area (TPSA) is 29.1 Å². The molecule has 0 saturated heterocycles. The van der Waals surface area contributed by atoms with Crippen molar-refractivity contribution in [1.29, 1.82) is 0 Å². The van der Waals surface area contributed by atoms with Crippen molar-refractivity contribution in [3.05, 3.63) is 35.9 Å². The van der Waals surface area contributed by atoms with Gasteiger partial charge in [0.2, 0.25) is 0 Å². The van der Waals surface area contributed by atoms with Crippen LogP contribution in [0.3, 0.4) is 0 Å². The van der Waals surface area contributed by atoms with Crippen molar-refractivity contribution in [2.24, 2.45) is 5.41 Å². The van der Waals surface area contributed by atoms with Gasteiger partial charge in [-0.1, -0.05) is 39.0 Å². The predicted molar refractivity (Wildman–Crippen MR) is 72.5 cm³/mol. The van der Waals surface area contributed by atoms with Gasteiger partial charge in [0.15, 0.2) is 0 Å². The van der Waals surface area contributed by atoms with Crippen LogP contribution in [0, 0.1) is 5.41 Å². The fraction of sp³-hybridized carbons (Fsp3) is 0.500. The number of benzene rings is 1. The Hall–Kier alpha value is -1.02. The van der Waals surface area contributed by atoms with E-state index in [9.17, 15) is 4.79 Å². The molecule has 17 heavy (non-hydrogen) atoms. The van der Waals surface area contributed by atoms with Crippen LogP contribution in [0.4, 0.5) is 0 Å². The van der Waals surface area contributed by atoms with Gasteiger partial charge in [0.1, 0.15) is 0 Å². The van der Waals surface area contributed by atoms with E-state index in [0.717, 1.165) is 6.42 Å². The van der Waals surface area contributed by atoms with E-state index in [1.54, 1.807) is 12.1 Å². The van der Waals surface area contributed by atoms with Crippen LogP contribution in [-0.2, 0) is 0 Å². The van der Waals surface area contributed by atoms with Crippen LogP contribution in [-0.4, -0.2) is 17.8 Å². The summed E-state index contributed by atoms with van der Waals surface area (Å²) in [6, 6.07) is 9.18. The molecule has 0 heterocycles. The first-order valence-electron chi connectivity index (χ1n) is 5.86. The molecular formula is C14H20ClNO. The van der Waals surface area contributed by atoms with Crippen LogP contribution in [0.1, 0.15) is 37.6 Å². The van der Waals surface area contributed by atoms with Crippen molar-refractivity contribution >= 4 is 17.5 Å². The minimum atomic E-state index is -0.0647. The lowest BCUT2D eigenvalue weighted by molar-refractivity contribution is 0.0952. The molecule has 0 aliphatic rings. The summed E-state index contributed by atoms with van der Waals surface area (Å²) in [6.07, 6.45) is 0.879. The minimum Gasteiger partial charge on any atom is -0.351 e. The zero-order valence-corrected chi connectivity index (χ0v) is 11.4. The highest BCUT2D eigenvalue weighted by Gasteiger charge is 2.17. The van der Waals surface area contributed by atoms with Gasteiger partial charge in [0.05, 0.1) is 5.38 Å². The number of hydrogen-bond donors (Lipinski definition) is 1. The molecule has 0 aliphatic heterocycles. The molecule has 3 heteroatoms. The van der Waals surface area contributed by atoms with Gasteiger partial charge in [-0.2, -0.15) is 0 Å². The number of carbonyl (C=O) groups excluding carboxylic acids is 1. The lowest BCUT2D eigenvalue weighted by Crippen LogP contribution is -2.31. The predicted octanol–water partition coefficient (Wildman–Crippen LogP) is 3.46. The van der Waals surface area contributed by atoms with Crippen molar-refractivity contribution in [2.45, 2.75) is 32.6 Å².